The first-order chi connectivity index (χ1) is 10.2. The molecule has 2 N–H and O–H groups in total. The monoisotopic (exact) mass is 297 g/mol. The van der Waals surface area contributed by atoms with Gasteiger partial charge in [-0.2, -0.15) is 0 Å². The van der Waals surface area contributed by atoms with Gasteiger partial charge in [0.05, 0.1) is 17.5 Å². The number of aliphatic hydroxyl groups excluding tert-OH is 1. The molecule has 4 rings (SSSR count). The number of nitrogens with one attached hydrogen (secondary N) is 1. The van der Waals surface area contributed by atoms with Gasteiger partial charge in [0.2, 0.25) is 0 Å². The lowest BCUT2D eigenvalue weighted by atomic mass is 10.1. The van der Waals surface area contributed by atoms with Crippen LogP contribution >= 0.6 is 11.3 Å². The van der Waals surface area contributed by atoms with Gasteiger partial charge in [0.25, 0.3) is 0 Å². The lowest BCUT2D eigenvalue weighted by Crippen LogP contribution is -2.21. The predicted molar refractivity (Wildman–Crippen MR) is 84.7 cm³/mol. The third kappa shape index (κ3) is 2.09. The highest BCUT2D eigenvalue weighted by Gasteiger charge is 2.31. The number of benzene rings is 1. The highest BCUT2D eigenvalue weighted by Crippen LogP contribution is 2.36. The van der Waals surface area contributed by atoms with Crippen LogP contribution in [0.5, 0.6) is 0 Å². The summed E-state index contributed by atoms with van der Waals surface area (Å²) in [5.74, 6) is 0.796. The van der Waals surface area contributed by atoms with Gasteiger partial charge in [-0.15, -0.1) is 11.3 Å². The predicted octanol–water partition coefficient (Wildman–Crippen LogP) is 3.07. The average molecular weight is 297 g/mol. The van der Waals surface area contributed by atoms with E-state index in [0.29, 0.717) is 6.42 Å². The molecule has 2 aromatic heterocycles. The third-order valence-electron chi connectivity index (χ3n) is 3.95. The normalized spacial score (nSPS) is 20.7. The lowest BCUT2D eigenvalue weighted by molar-refractivity contribution is 0.165. The Morgan fingerprint density at radius 2 is 2.14 bits per heavy atom. The van der Waals surface area contributed by atoms with Crippen molar-refractivity contribution in [3.63, 3.8) is 0 Å². The highest BCUT2D eigenvalue weighted by molar-refractivity contribution is 7.18. The van der Waals surface area contributed by atoms with Crippen molar-refractivity contribution in [1.29, 1.82) is 0 Å². The zero-order valence-electron chi connectivity index (χ0n) is 11.6. The fourth-order valence-corrected chi connectivity index (χ4v) is 3.83. The van der Waals surface area contributed by atoms with E-state index in [4.69, 9.17) is 0 Å². The minimum absolute atomic E-state index is 0.112. The van der Waals surface area contributed by atoms with Crippen molar-refractivity contribution in [2.75, 3.05) is 5.32 Å². The number of aliphatic hydroxyl groups is 1. The maximum Gasteiger partial charge on any atom is 0.138 e. The quantitative estimate of drug-likeness (QED) is 0.763. The fraction of sp³-hybridized carbons (Fsp3) is 0.250. The minimum Gasteiger partial charge on any atom is -0.390 e. The van der Waals surface area contributed by atoms with Crippen LogP contribution in [0.15, 0.2) is 36.7 Å². The molecule has 0 spiro atoms. The Kier molecular flexibility index (Phi) is 2.90. The lowest BCUT2D eigenvalue weighted by Gasteiger charge is -2.18. The number of fused-ring (bicyclic) bond motifs is 2. The van der Waals surface area contributed by atoms with Crippen molar-refractivity contribution in [1.82, 2.24) is 9.97 Å². The number of aromatic nitrogens is 2. The molecule has 0 bridgehead atoms. The summed E-state index contributed by atoms with van der Waals surface area (Å²) < 4.78 is 0. The Bertz CT molecular complexity index is 814. The summed E-state index contributed by atoms with van der Waals surface area (Å²) in [5.41, 5.74) is 2.36. The van der Waals surface area contributed by atoms with Crippen molar-refractivity contribution < 1.29 is 5.11 Å². The molecule has 0 radical (unpaired) electrons. The molecule has 2 heterocycles. The molecule has 0 saturated heterocycles. The molecule has 2 atom stereocenters. The van der Waals surface area contributed by atoms with Crippen molar-refractivity contribution >= 4 is 27.4 Å². The van der Waals surface area contributed by atoms with Crippen molar-refractivity contribution in [2.24, 2.45) is 0 Å². The molecular formula is C16H15N3OS. The second-order valence-corrected chi connectivity index (χ2v) is 6.63. The number of nitrogens with zero attached hydrogens (tertiary/aromatic N) is 2. The van der Waals surface area contributed by atoms with E-state index in [9.17, 15) is 5.11 Å². The molecule has 1 aliphatic carbocycles. The van der Waals surface area contributed by atoms with Crippen LogP contribution in [-0.2, 0) is 6.42 Å². The van der Waals surface area contributed by atoms with Crippen LogP contribution in [0.25, 0.3) is 10.2 Å². The summed E-state index contributed by atoms with van der Waals surface area (Å²) >= 11 is 1.66. The Morgan fingerprint density at radius 3 is 3.05 bits per heavy atom. The minimum atomic E-state index is -0.424. The van der Waals surface area contributed by atoms with Crippen LogP contribution in [0, 0.1) is 6.92 Å². The van der Waals surface area contributed by atoms with Crippen molar-refractivity contribution in [3.05, 3.63) is 52.7 Å². The maximum absolute atomic E-state index is 10.3. The van der Waals surface area contributed by atoms with E-state index in [2.05, 4.69) is 40.4 Å². The van der Waals surface area contributed by atoms with Crippen LogP contribution in [0.1, 0.15) is 22.0 Å². The third-order valence-corrected chi connectivity index (χ3v) is 4.91. The van der Waals surface area contributed by atoms with E-state index in [1.807, 2.05) is 12.1 Å². The number of hydrogen-bond acceptors (Lipinski definition) is 5. The average Bonchev–Trinajstić information content (AvgIpc) is 3.00. The SMILES string of the molecule is Cc1cc2c(NC3c4ccccc4CC3O)ncnc2s1. The second kappa shape index (κ2) is 4.79. The molecule has 0 aliphatic heterocycles. The molecular weight excluding hydrogens is 282 g/mol. The van der Waals surface area contributed by atoms with Gasteiger partial charge in [0, 0.05) is 11.3 Å². The van der Waals surface area contributed by atoms with Gasteiger partial charge in [-0.3, -0.25) is 0 Å². The standard InChI is InChI=1S/C16H15N3OS/c1-9-6-12-15(17-8-18-16(12)21-9)19-14-11-5-3-2-4-10(11)7-13(14)20/h2-6,8,13-14,20H,7H2,1H3,(H,17,18,19). The van der Waals surface area contributed by atoms with Gasteiger partial charge in [0.15, 0.2) is 0 Å². The molecule has 5 heteroatoms. The van der Waals surface area contributed by atoms with Gasteiger partial charge in [-0.25, -0.2) is 9.97 Å². The number of hydrogen-bond donors (Lipinski definition) is 2. The molecule has 1 aromatic carbocycles. The largest absolute Gasteiger partial charge is 0.390 e. The van der Waals surface area contributed by atoms with Crippen LogP contribution in [0.3, 0.4) is 0 Å². The number of aryl methyl sites for hydroxylation is 1. The van der Waals surface area contributed by atoms with Crippen LogP contribution in [0.2, 0.25) is 0 Å². The van der Waals surface area contributed by atoms with E-state index in [-0.39, 0.29) is 6.04 Å². The molecule has 1 aliphatic rings. The van der Waals surface area contributed by atoms with Crippen LogP contribution in [-0.4, -0.2) is 21.2 Å². The Labute approximate surface area is 126 Å². The van der Waals surface area contributed by atoms with E-state index >= 15 is 0 Å². The van der Waals surface area contributed by atoms with Gasteiger partial charge < -0.3 is 10.4 Å². The molecule has 0 saturated carbocycles. The Balaban J connectivity index is 1.75. The van der Waals surface area contributed by atoms with E-state index in [1.165, 1.54) is 10.4 Å². The first-order valence-corrected chi connectivity index (χ1v) is 7.77. The second-order valence-electron chi connectivity index (χ2n) is 5.39. The smallest absolute Gasteiger partial charge is 0.138 e. The van der Waals surface area contributed by atoms with Gasteiger partial charge in [-0.05, 0) is 24.1 Å². The zero-order chi connectivity index (χ0) is 14.4. The van der Waals surface area contributed by atoms with E-state index in [0.717, 1.165) is 21.6 Å². The molecule has 21 heavy (non-hydrogen) atoms. The number of anilines is 1. The summed E-state index contributed by atoms with van der Waals surface area (Å²) in [4.78, 5) is 10.9. The summed E-state index contributed by atoms with van der Waals surface area (Å²) in [6, 6.07) is 10.1. The Morgan fingerprint density at radius 1 is 1.29 bits per heavy atom. The molecule has 3 aromatic rings. The van der Waals surface area contributed by atoms with Crippen LogP contribution in [0.4, 0.5) is 5.82 Å². The fourth-order valence-electron chi connectivity index (χ4n) is 2.99. The molecule has 2 unspecified atom stereocenters. The zero-order valence-corrected chi connectivity index (χ0v) is 12.4. The van der Waals surface area contributed by atoms with Crippen molar-refractivity contribution in [2.45, 2.75) is 25.5 Å². The summed E-state index contributed by atoms with van der Waals surface area (Å²) in [6.45, 7) is 2.07. The summed E-state index contributed by atoms with van der Waals surface area (Å²) in [7, 11) is 0. The summed E-state index contributed by atoms with van der Waals surface area (Å²) in [5, 5.41) is 14.8. The molecule has 4 nitrogen and oxygen atoms in total. The van der Waals surface area contributed by atoms with E-state index in [1.54, 1.807) is 17.7 Å². The topological polar surface area (TPSA) is 58.0 Å². The van der Waals surface area contributed by atoms with Gasteiger partial charge in [-0.1, -0.05) is 24.3 Å². The van der Waals surface area contributed by atoms with Gasteiger partial charge >= 0.3 is 0 Å². The Hall–Kier alpha value is -1.98. The highest BCUT2D eigenvalue weighted by atomic mass is 32.1. The molecule has 0 amide bonds. The van der Waals surface area contributed by atoms with E-state index < -0.39 is 6.10 Å². The van der Waals surface area contributed by atoms with Crippen LogP contribution < -0.4 is 5.32 Å². The first-order valence-electron chi connectivity index (χ1n) is 6.96. The molecule has 106 valence electrons. The maximum atomic E-state index is 10.3. The number of rotatable bonds is 2. The van der Waals surface area contributed by atoms with Crippen molar-refractivity contribution in [3.8, 4) is 0 Å². The summed E-state index contributed by atoms with van der Waals surface area (Å²) in [6.07, 6.45) is 1.84. The number of thiophene rings is 1. The van der Waals surface area contributed by atoms with Gasteiger partial charge in [0.1, 0.15) is 17.0 Å². The first kappa shape index (κ1) is 12.7. The molecule has 0 fully saturated rings.